The minimum absolute atomic E-state index is 0.614. The third kappa shape index (κ3) is 1.50. The minimum Gasteiger partial charge on any atom is -0.331 e. The third-order valence-electron chi connectivity index (χ3n) is 3.56. The van der Waals surface area contributed by atoms with Crippen LogP contribution in [-0.4, -0.2) is 9.55 Å². The van der Waals surface area contributed by atoms with Crippen LogP contribution in [0.25, 0.3) is 11.0 Å². The van der Waals surface area contributed by atoms with Gasteiger partial charge in [-0.1, -0.05) is 18.9 Å². The van der Waals surface area contributed by atoms with Crippen molar-refractivity contribution in [2.45, 2.75) is 38.6 Å². The lowest BCUT2D eigenvalue weighted by atomic mass is 10.2. The van der Waals surface area contributed by atoms with Crippen LogP contribution in [0.1, 0.15) is 37.3 Å². The largest absolute Gasteiger partial charge is 0.331 e. The van der Waals surface area contributed by atoms with Crippen molar-refractivity contribution in [3.8, 4) is 0 Å². The van der Waals surface area contributed by atoms with Crippen LogP contribution in [0.3, 0.4) is 0 Å². The van der Waals surface area contributed by atoms with Crippen LogP contribution in [0.2, 0.25) is 0 Å². The molecule has 1 aromatic heterocycles. The number of aromatic amines is 1. The molecule has 2 nitrogen and oxygen atoms in total. The van der Waals surface area contributed by atoms with Crippen molar-refractivity contribution in [2.75, 3.05) is 0 Å². The van der Waals surface area contributed by atoms with Crippen molar-refractivity contribution in [1.29, 1.82) is 0 Å². The van der Waals surface area contributed by atoms with Crippen LogP contribution in [0.4, 0.5) is 0 Å². The molecule has 16 heavy (non-hydrogen) atoms. The second kappa shape index (κ2) is 3.74. The Kier molecular flexibility index (Phi) is 2.36. The van der Waals surface area contributed by atoms with Gasteiger partial charge in [-0.3, -0.25) is 0 Å². The third-order valence-corrected chi connectivity index (χ3v) is 3.86. The van der Waals surface area contributed by atoms with Gasteiger partial charge in [0, 0.05) is 6.04 Å². The van der Waals surface area contributed by atoms with Crippen LogP contribution in [0.15, 0.2) is 18.2 Å². The van der Waals surface area contributed by atoms with Gasteiger partial charge in [0.25, 0.3) is 0 Å². The number of hydrogen-bond donors (Lipinski definition) is 1. The lowest BCUT2D eigenvalue weighted by Gasteiger charge is -2.12. The van der Waals surface area contributed by atoms with E-state index in [2.05, 4.69) is 34.7 Å². The maximum atomic E-state index is 5.44. The summed E-state index contributed by atoms with van der Waals surface area (Å²) in [7, 11) is 0. The first kappa shape index (κ1) is 10.1. The molecule has 0 atom stereocenters. The molecule has 2 aromatic rings. The average Bonchev–Trinajstić information content (AvgIpc) is 2.83. The standard InChI is InChI=1S/C13H16N2S/c1-9-6-7-11-12(8-9)15(13(16)14-11)10-4-2-3-5-10/h6-8,10H,2-5H2,1H3,(H,14,16). The molecule has 0 unspecified atom stereocenters. The summed E-state index contributed by atoms with van der Waals surface area (Å²) in [4.78, 5) is 3.31. The number of aryl methyl sites for hydroxylation is 1. The summed E-state index contributed by atoms with van der Waals surface area (Å²) < 4.78 is 3.21. The molecule has 3 rings (SSSR count). The van der Waals surface area contributed by atoms with Gasteiger partial charge in [0.2, 0.25) is 0 Å². The molecule has 0 amide bonds. The van der Waals surface area contributed by atoms with Crippen LogP contribution in [0.5, 0.6) is 0 Å². The number of fused-ring (bicyclic) bond motifs is 1. The molecule has 0 saturated heterocycles. The molecule has 1 N–H and O–H groups in total. The number of aromatic nitrogens is 2. The maximum absolute atomic E-state index is 5.44. The van der Waals surface area contributed by atoms with Crippen molar-refractivity contribution in [3.05, 3.63) is 28.5 Å². The van der Waals surface area contributed by atoms with Crippen molar-refractivity contribution in [1.82, 2.24) is 9.55 Å². The molecule has 1 fully saturated rings. The predicted molar refractivity (Wildman–Crippen MR) is 69.4 cm³/mol. The van der Waals surface area contributed by atoms with Gasteiger partial charge < -0.3 is 9.55 Å². The van der Waals surface area contributed by atoms with Crippen LogP contribution < -0.4 is 0 Å². The van der Waals surface area contributed by atoms with Crippen molar-refractivity contribution in [2.24, 2.45) is 0 Å². The Morgan fingerprint density at radius 2 is 2.06 bits per heavy atom. The summed E-state index contributed by atoms with van der Waals surface area (Å²) in [5, 5.41) is 0. The van der Waals surface area contributed by atoms with E-state index in [9.17, 15) is 0 Å². The fourth-order valence-electron chi connectivity index (χ4n) is 2.76. The van der Waals surface area contributed by atoms with E-state index in [0.717, 1.165) is 4.77 Å². The highest BCUT2D eigenvalue weighted by molar-refractivity contribution is 7.71. The van der Waals surface area contributed by atoms with Gasteiger partial charge in [-0.25, -0.2) is 0 Å². The second-order valence-corrected chi connectivity index (χ2v) is 5.15. The van der Waals surface area contributed by atoms with E-state index in [4.69, 9.17) is 12.2 Å². The van der Waals surface area contributed by atoms with E-state index in [0.29, 0.717) is 6.04 Å². The number of H-pyrrole nitrogens is 1. The first-order valence-corrected chi connectivity index (χ1v) is 6.37. The minimum atomic E-state index is 0.614. The SMILES string of the molecule is Cc1ccc2[nH]c(=S)n(C3CCCC3)c2c1. The van der Waals surface area contributed by atoms with Gasteiger partial charge >= 0.3 is 0 Å². The predicted octanol–water partition coefficient (Wildman–Crippen LogP) is 4.12. The average molecular weight is 232 g/mol. The van der Waals surface area contributed by atoms with Gasteiger partial charge in [-0.15, -0.1) is 0 Å². The van der Waals surface area contributed by atoms with Gasteiger partial charge in [-0.2, -0.15) is 0 Å². The Hall–Kier alpha value is -1.09. The highest BCUT2D eigenvalue weighted by Crippen LogP contribution is 2.32. The highest BCUT2D eigenvalue weighted by atomic mass is 32.1. The summed E-state index contributed by atoms with van der Waals surface area (Å²) in [5.74, 6) is 0. The first-order chi connectivity index (χ1) is 7.75. The summed E-state index contributed by atoms with van der Waals surface area (Å²) in [5.41, 5.74) is 3.74. The van der Waals surface area contributed by atoms with Crippen LogP contribution in [0, 0.1) is 11.7 Å². The number of nitrogens with one attached hydrogen (secondary N) is 1. The summed E-state index contributed by atoms with van der Waals surface area (Å²) in [6.45, 7) is 2.13. The molecule has 3 heteroatoms. The lowest BCUT2D eigenvalue weighted by Crippen LogP contribution is -2.04. The zero-order chi connectivity index (χ0) is 11.1. The van der Waals surface area contributed by atoms with Gasteiger partial charge in [0.15, 0.2) is 4.77 Å². The summed E-state index contributed by atoms with van der Waals surface area (Å²) in [6.07, 6.45) is 5.22. The van der Waals surface area contributed by atoms with Gasteiger partial charge in [0.05, 0.1) is 11.0 Å². The molecule has 1 aromatic carbocycles. The molecule has 1 aliphatic carbocycles. The number of nitrogens with zero attached hydrogens (tertiary/aromatic N) is 1. The van der Waals surface area contributed by atoms with E-state index >= 15 is 0 Å². The molecule has 1 heterocycles. The number of imidazole rings is 1. The van der Waals surface area contributed by atoms with E-state index in [-0.39, 0.29) is 0 Å². The van der Waals surface area contributed by atoms with Crippen LogP contribution in [-0.2, 0) is 0 Å². The van der Waals surface area contributed by atoms with E-state index in [1.807, 2.05) is 0 Å². The van der Waals surface area contributed by atoms with E-state index < -0.39 is 0 Å². The topological polar surface area (TPSA) is 20.7 Å². The van der Waals surface area contributed by atoms with Gasteiger partial charge in [0.1, 0.15) is 0 Å². The van der Waals surface area contributed by atoms with Gasteiger partial charge in [-0.05, 0) is 49.7 Å². The molecule has 0 aliphatic heterocycles. The summed E-state index contributed by atoms with van der Waals surface area (Å²) in [6, 6.07) is 7.11. The fraction of sp³-hybridized carbons (Fsp3) is 0.462. The van der Waals surface area contributed by atoms with E-state index in [1.165, 1.54) is 42.3 Å². The Balaban J connectivity index is 2.25. The molecule has 0 spiro atoms. The highest BCUT2D eigenvalue weighted by Gasteiger charge is 2.19. The zero-order valence-corrected chi connectivity index (χ0v) is 10.3. The Labute approximate surface area is 100 Å². The van der Waals surface area contributed by atoms with Crippen LogP contribution >= 0.6 is 12.2 Å². The maximum Gasteiger partial charge on any atom is 0.178 e. The molecule has 0 bridgehead atoms. The Morgan fingerprint density at radius 3 is 2.81 bits per heavy atom. The quantitative estimate of drug-likeness (QED) is 0.733. The first-order valence-electron chi connectivity index (χ1n) is 5.96. The second-order valence-electron chi connectivity index (χ2n) is 4.76. The lowest BCUT2D eigenvalue weighted by molar-refractivity contribution is 0.526. The Bertz CT molecular complexity index is 573. The Morgan fingerprint density at radius 1 is 1.31 bits per heavy atom. The number of hydrogen-bond acceptors (Lipinski definition) is 1. The molecule has 1 aliphatic rings. The molecular formula is C13H16N2S. The molecule has 84 valence electrons. The summed E-state index contributed by atoms with van der Waals surface area (Å²) >= 11 is 5.44. The van der Waals surface area contributed by atoms with Crippen molar-refractivity contribution in [3.63, 3.8) is 0 Å². The molecule has 0 radical (unpaired) electrons. The van der Waals surface area contributed by atoms with E-state index in [1.54, 1.807) is 0 Å². The molecular weight excluding hydrogens is 216 g/mol. The zero-order valence-electron chi connectivity index (χ0n) is 9.49. The normalized spacial score (nSPS) is 17.3. The smallest absolute Gasteiger partial charge is 0.178 e. The number of benzene rings is 1. The van der Waals surface area contributed by atoms with Crippen molar-refractivity contribution >= 4 is 23.3 Å². The van der Waals surface area contributed by atoms with Crippen molar-refractivity contribution < 1.29 is 0 Å². The monoisotopic (exact) mass is 232 g/mol. The molecule has 1 saturated carbocycles. The fourth-order valence-corrected chi connectivity index (χ4v) is 3.11. The number of rotatable bonds is 1.